The van der Waals surface area contributed by atoms with Crippen LogP contribution < -0.4 is 10.2 Å². The number of fused-ring (bicyclic) bond motifs is 3. The molecular formula is C21H22N2O. The summed E-state index contributed by atoms with van der Waals surface area (Å²) in [5, 5.41) is 3.25. The lowest BCUT2D eigenvalue weighted by molar-refractivity contribution is -0.118. The number of benzene rings is 2. The summed E-state index contributed by atoms with van der Waals surface area (Å²) in [6.45, 7) is 6.90. The Hall–Kier alpha value is -2.55. The van der Waals surface area contributed by atoms with E-state index in [4.69, 9.17) is 0 Å². The number of rotatable bonds is 2. The number of carbonyl (C=O) groups is 1. The predicted molar refractivity (Wildman–Crippen MR) is 97.9 cm³/mol. The van der Waals surface area contributed by atoms with Gasteiger partial charge in [0.05, 0.1) is 6.54 Å². The first-order valence-corrected chi connectivity index (χ1v) is 8.38. The van der Waals surface area contributed by atoms with Crippen LogP contribution in [0.4, 0.5) is 5.69 Å². The van der Waals surface area contributed by atoms with Gasteiger partial charge in [0.1, 0.15) is 5.66 Å². The average Bonchev–Trinajstić information content (AvgIpc) is 2.99. The molecule has 0 unspecified atom stereocenters. The first-order valence-electron chi connectivity index (χ1n) is 8.38. The second-order valence-corrected chi connectivity index (χ2v) is 7.29. The Bertz CT molecular complexity index is 835. The monoisotopic (exact) mass is 318 g/mol. The summed E-state index contributed by atoms with van der Waals surface area (Å²) in [6, 6.07) is 16.8. The first kappa shape index (κ1) is 15.0. The van der Waals surface area contributed by atoms with Gasteiger partial charge < -0.3 is 10.2 Å². The number of nitrogens with zero attached hydrogens (tertiary/aromatic N) is 1. The smallest absolute Gasteiger partial charge is 0.241 e. The normalized spacial score (nSPS) is 24.1. The van der Waals surface area contributed by atoms with E-state index in [1.807, 2.05) is 6.07 Å². The summed E-state index contributed by atoms with van der Waals surface area (Å²) >= 11 is 0. The number of hydrogen-bond acceptors (Lipinski definition) is 2. The van der Waals surface area contributed by atoms with Crippen LogP contribution in [-0.2, 0) is 10.2 Å². The number of nitrogens with one attached hydrogen (secondary N) is 1. The third kappa shape index (κ3) is 1.94. The highest BCUT2D eigenvalue weighted by molar-refractivity contribution is 5.91. The maximum atomic E-state index is 12.2. The Labute approximate surface area is 143 Å². The highest BCUT2D eigenvalue weighted by Gasteiger charge is 2.59. The summed E-state index contributed by atoms with van der Waals surface area (Å²) < 4.78 is 0. The van der Waals surface area contributed by atoms with Crippen molar-refractivity contribution in [2.75, 3.05) is 11.4 Å². The van der Waals surface area contributed by atoms with Gasteiger partial charge in [-0.25, -0.2) is 0 Å². The molecule has 122 valence electrons. The minimum absolute atomic E-state index is 0.0751. The van der Waals surface area contributed by atoms with Crippen LogP contribution in [0, 0.1) is 6.92 Å². The standard InChI is InChI=1S/C21H22N2O/c1-15-8-10-16(11-9-15)12-13-21-20(2,3)17-6-4-5-7-18(17)23(21)14-19(24)22-21/h4-13H,14H2,1-3H3,(H,22,24)/b13-12+/t21-/m0/s1. The zero-order valence-corrected chi connectivity index (χ0v) is 14.3. The number of hydrogen-bond donors (Lipinski definition) is 1. The highest BCUT2D eigenvalue weighted by Crippen LogP contribution is 2.52. The fourth-order valence-corrected chi connectivity index (χ4v) is 4.03. The van der Waals surface area contributed by atoms with Crippen LogP contribution in [0.1, 0.15) is 30.5 Å². The fraction of sp³-hybridized carbons (Fsp3) is 0.286. The van der Waals surface area contributed by atoms with Gasteiger partial charge in [-0.15, -0.1) is 0 Å². The Morgan fingerprint density at radius 3 is 2.54 bits per heavy atom. The van der Waals surface area contributed by atoms with E-state index >= 15 is 0 Å². The maximum absolute atomic E-state index is 12.2. The largest absolute Gasteiger partial charge is 0.335 e. The molecule has 0 spiro atoms. The van der Waals surface area contributed by atoms with E-state index in [-0.39, 0.29) is 11.3 Å². The van der Waals surface area contributed by atoms with Crippen LogP contribution in [0.2, 0.25) is 0 Å². The SMILES string of the molecule is Cc1ccc(/C=C/[C@]23NC(=O)CN2c2ccccc2C3(C)C)cc1. The molecule has 2 aliphatic rings. The van der Waals surface area contributed by atoms with Gasteiger partial charge in [-0.1, -0.05) is 68.0 Å². The van der Waals surface area contributed by atoms with E-state index in [0.717, 1.165) is 11.3 Å². The summed E-state index contributed by atoms with van der Waals surface area (Å²) in [6.07, 6.45) is 4.27. The van der Waals surface area contributed by atoms with Gasteiger partial charge in [-0.05, 0) is 30.2 Å². The Morgan fingerprint density at radius 1 is 1.08 bits per heavy atom. The van der Waals surface area contributed by atoms with Crippen molar-refractivity contribution in [2.45, 2.75) is 31.8 Å². The molecule has 0 aromatic heterocycles. The van der Waals surface area contributed by atoms with E-state index in [1.54, 1.807) is 0 Å². The third-order valence-corrected chi connectivity index (χ3v) is 5.47. The lowest BCUT2D eigenvalue weighted by Gasteiger charge is -2.40. The van der Waals surface area contributed by atoms with Crippen LogP contribution in [0.5, 0.6) is 0 Å². The van der Waals surface area contributed by atoms with Crippen LogP contribution in [0.15, 0.2) is 54.6 Å². The molecule has 2 aromatic rings. The predicted octanol–water partition coefficient (Wildman–Crippen LogP) is 3.63. The van der Waals surface area contributed by atoms with Crippen molar-refractivity contribution < 1.29 is 4.79 Å². The van der Waals surface area contributed by atoms with Gasteiger partial charge in [0.25, 0.3) is 0 Å². The van der Waals surface area contributed by atoms with Crippen molar-refractivity contribution in [1.29, 1.82) is 0 Å². The van der Waals surface area contributed by atoms with Crippen molar-refractivity contribution in [3.8, 4) is 0 Å². The first-order chi connectivity index (χ1) is 11.4. The Kier molecular flexibility index (Phi) is 3.11. The molecule has 0 saturated carbocycles. The molecule has 1 N–H and O–H groups in total. The second kappa shape index (κ2) is 4.97. The number of anilines is 1. The van der Waals surface area contributed by atoms with Crippen molar-refractivity contribution in [3.05, 3.63) is 71.3 Å². The molecule has 1 atom stereocenters. The van der Waals surface area contributed by atoms with E-state index in [2.05, 4.69) is 85.6 Å². The molecule has 2 aliphatic heterocycles. The van der Waals surface area contributed by atoms with Gasteiger partial charge in [0, 0.05) is 11.1 Å². The maximum Gasteiger partial charge on any atom is 0.241 e. The molecule has 0 bridgehead atoms. The lowest BCUT2D eigenvalue weighted by atomic mass is 9.75. The van der Waals surface area contributed by atoms with Gasteiger partial charge in [0.2, 0.25) is 5.91 Å². The molecule has 0 radical (unpaired) electrons. The van der Waals surface area contributed by atoms with E-state index in [9.17, 15) is 4.79 Å². The van der Waals surface area contributed by atoms with Crippen LogP contribution in [-0.4, -0.2) is 18.1 Å². The van der Waals surface area contributed by atoms with Crippen molar-refractivity contribution in [2.24, 2.45) is 0 Å². The molecule has 4 rings (SSSR count). The van der Waals surface area contributed by atoms with Gasteiger partial charge >= 0.3 is 0 Å². The third-order valence-electron chi connectivity index (χ3n) is 5.47. The average molecular weight is 318 g/mol. The minimum atomic E-state index is -0.515. The molecule has 3 heteroatoms. The summed E-state index contributed by atoms with van der Waals surface area (Å²) in [7, 11) is 0. The minimum Gasteiger partial charge on any atom is -0.335 e. The number of para-hydroxylation sites is 1. The number of amides is 1. The molecule has 1 amide bonds. The van der Waals surface area contributed by atoms with Crippen molar-refractivity contribution in [3.63, 3.8) is 0 Å². The molecule has 3 nitrogen and oxygen atoms in total. The van der Waals surface area contributed by atoms with Crippen LogP contribution in [0.3, 0.4) is 0 Å². The second-order valence-electron chi connectivity index (χ2n) is 7.29. The molecule has 2 heterocycles. The summed E-state index contributed by atoms with van der Waals surface area (Å²) in [5.74, 6) is 0.0751. The lowest BCUT2D eigenvalue weighted by Crippen LogP contribution is -2.58. The molecule has 0 aliphatic carbocycles. The van der Waals surface area contributed by atoms with Crippen molar-refractivity contribution in [1.82, 2.24) is 5.32 Å². The van der Waals surface area contributed by atoms with E-state index < -0.39 is 5.66 Å². The van der Waals surface area contributed by atoms with Crippen LogP contribution in [0.25, 0.3) is 6.08 Å². The van der Waals surface area contributed by atoms with Gasteiger partial charge in [-0.2, -0.15) is 0 Å². The number of aryl methyl sites for hydroxylation is 1. The van der Waals surface area contributed by atoms with Gasteiger partial charge in [0.15, 0.2) is 0 Å². The summed E-state index contributed by atoms with van der Waals surface area (Å²) in [4.78, 5) is 14.4. The van der Waals surface area contributed by atoms with Crippen LogP contribution >= 0.6 is 0 Å². The van der Waals surface area contributed by atoms with Gasteiger partial charge in [-0.3, -0.25) is 4.79 Å². The summed E-state index contributed by atoms with van der Waals surface area (Å²) in [5.41, 5.74) is 4.08. The molecular weight excluding hydrogens is 296 g/mol. The molecule has 1 saturated heterocycles. The topological polar surface area (TPSA) is 32.3 Å². The molecule has 24 heavy (non-hydrogen) atoms. The molecule has 2 aromatic carbocycles. The van der Waals surface area contributed by atoms with E-state index in [0.29, 0.717) is 6.54 Å². The Balaban J connectivity index is 1.82. The zero-order valence-electron chi connectivity index (χ0n) is 14.3. The van der Waals surface area contributed by atoms with Crippen molar-refractivity contribution >= 4 is 17.7 Å². The fourth-order valence-electron chi connectivity index (χ4n) is 4.03. The van der Waals surface area contributed by atoms with E-state index in [1.165, 1.54) is 11.1 Å². The number of carbonyl (C=O) groups excluding carboxylic acids is 1. The zero-order chi connectivity index (χ0) is 16.9. The highest BCUT2D eigenvalue weighted by atomic mass is 16.2. The Morgan fingerprint density at radius 2 is 1.79 bits per heavy atom. The molecule has 1 fully saturated rings. The quantitative estimate of drug-likeness (QED) is 0.917.